The third kappa shape index (κ3) is 5.63. The predicted molar refractivity (Wildman–Crippen MR) is 64.7 cm³/mol. The topological polar surface area (TPSA) is 107 Å². The molecule has 2 rings (SSSR count). The fraction of sp³-hybridized carbons (Fsp3) is 0.200. The number of hydrogen-bond donors (Lipinski definition) is 4. The molecule has 6 nitrogen and oxygen atoms in total. The number of anilines is 1. The minimum absolute atomic E-state index is 1.06. The van der Waals surface area contributed by atoms with Crippen LogP contribution in [0.2, 0.25) is 0 Å². The van der Waals surface area contributed by atoms with Gasteiger partial charge in [-0.2, -0.15) is 0 Å². The van der Waals surface area contributed by atoms with E-state index in [4.69, 9.17) is 25.1 Å². The Kier molecular flexibility index (Phi) is 4.86. The maximum absolute atomic E-state index is 8.88. The number of phosphoric acid groups is 1. The van der Waals surface area contributed by atoms with Gasteiger partial charge in [-0.05, 0) is 25.0 Å². The van der Waals surface area contributed by atoms with Crippen LogP contribution in [0.25, 0.3) is 0 Å². The molecule has 0 atom stereocenters. The number of hydrazine groups is 1. The lowest BCUT2D eigenvalue weighted by molar-refractivity contribution is 0.275. The third-order valence-corrected chi connectivity index (χ3v) is 2.12. The van der Waals surface area contributed by atoms with Crippen molar-refractivity contribution in [2.24, 2.45) is 5.84 Å². The van der Waals surface area contributed by atoms with Gasteiger partial charge in [0.1, 0.15) is 0 Å². The second-order valence-electron chi connectivity index (χ2n) is 3.45. The van der Waals surface area contributed by atoms with Gasteiger partial charge < -0.3 is 14.7 Å². The molecule has 0 aliphatic heterocycles. The highest BCUT2D eigenvalue weighted by atomic mass is 31.2. The summed E-state index contributed by atoms with van der Waals surface area (Å²) in [6.45, 7) is 0. The molecule has 0 bridgehead atoms. The van der Waals surface area contributed by atoms with Crippen molar-refractivity contribution in [3.63, 3.8) is 0 Å². The lowest BCUT2D eigenvalue weighted by atomic mass is 10.1. The lowest BCUT2D eigenvalue weighted by Gasteiger charge is -2.26. The van der Waals surface area contributed by atoms with Crippen LogP contribution in [-0.2, 0) is 4.57 Å². The number of hydrogen-bond acceptors (Lipinski definition) is 3. The van der Waals surface area contributed by atoms with Crippen LogP contribution in [0.5, 0.6) is 0 Å². The Hall–Kier alpha value is -1.17. The molecule has 5 N–H and O–H groups in total. The third-order valence-electron chi connectivity index (χ3n) is 2.12. The van der Waals surface area contributed by atoms with Crippen LogP contribution < -0.4 is 10.9 Å². The van der Waals surface area contributed by atoms with Crippen LogP contribution in [0.4, 0.5) is 5.69 Å². The van der Waals surface area contributed by atoms with Gasteiger partial charge in [0, 0.05) is 5.70 Å². The summed E-state index contributed by atoms with van der Waals surface area (Å²) in [5.41, 5.74) is 2.28. The van der Waals surface area contributed by atoms with E-state index in [1.807, 2.05) is 30.3 Å². The number of nitrogens with two attached hydrogens (primary N) is 1. The van der Waals surface area contributed by atoms with Gasteiger partial charge in [-0.25, -0.2) is 10.4 Å². The summed E-state index contributed by atoms with van der Waals surface area (Å²) in [5.74, 6) is 5.87. The molecule has 0 aromatic heterocycles. The number of allylic oxidation sites excluding steroid dienone is 2. The molecule has 7 heteroatoms. The largest absolute Gasteiger partial charge is 0.466 e. The fourth-order valence-corrected chi connectivity index (χ4v) is 1.25. The normalized spacial score (nSPS) is 14.0. The van der Waals surface area contributed by atoms with Crippen LogP contribution in [0, 0.1) is 0 Å². The summed E-state index contributed by atoms with van der Waals surface area (Å²) < 4.78 is 8.88. The van der Waals surface area contributed by atoms with Crippen molar-refractivity contribution in [1.29, 1.82) is 0 Å². The Balaban J connectivity index is 0.000000249. The Bertz CT molecular complexity index is 421. The van der Waals surface area contributed by atoms with Crippen molar-refractivity contribution in [2.75, 3.05) is 5.01 Å². The predicted octanol–water partition coefficient (Wildman–Crippen LogP) is 1.12. The number of rotatable bonds is 2. The van der Waals surface area contributed by atoms with E-state index in [0.29, 0.717) is 0 Å². The smallest absolute Gasteiger partial charge is 0.303 e. The van der Waals surface area contributed by atoms with E-state index in [2.05, 4.69) is 6.08 Å². The van der Waals surface area contributed by atoms with Crippen molar-refractivity contribution in [1.82, 2.24) is 0 Å². The van der Waals surface area contributed by atoms with E-state index in [1.54, 1.807) is 5.01 Å². The molecule has 0 heterocycles. The lowest BCUT2D eigenvalue weighted by Crippen LogP contribution is -2.32. The molecular formula is C10H15N2O4P. The molecule has 0 radical (unpaired) electrons. The van der Waals surface area contributed by atoms with Crippen LogP contribution in [0.3, 0.4) is 0 Å². The van der Waals surface area contributed by atoms with Crippen molar-refractivity contribution in [3.8, 4) is 0 Å². The van der Waals surface area contributed by atoms with E-state index in [0.717, 1.165) is 18.5 Å². The summed E-state index contributed by atoms with van der Waals surface area (Å²) in [5, 5.41) is 1.75. The molecule has 1 aromatic carbocycles. The van der Waals surface area contributed by atoms with Gasteiger partial charge in [0.25, 0.3) is 0 Å². The zero-order valence-corrected chi connectivity index (χ0v) is 9.99. The zero-order chi connectivity index (χ0) is 12.9. The number of para-hydroxylation sites is 1. The summed E-state index contributed by atoms with van der Waals surface area (Å²) >= 11 is 0. The van der Waals surface area contributed by atoms with Gasteiger partial charge in [-0.3, -0.25) is 5.01 Å². The maximum atomic E-state index is 8.88. The Morgan fingerprint density at radius 3 is 2.00 bits per heavy atom. The summed E-state index contributed by atoms with van der Waals surface area (Å²) in [7, 11) is -4.64. The highest BCUT2D eigenvalue weighted by molar-refractivity contribution is 7.45. The molecular weight excluding hydrogens is 243 g/mol. The number of benzene rings is 1. The van der Waals surface area contributed by atoms with Gasteiger partial charge >= 0.3 is 7.82 Å². The molecule has 1 aromatic rings. The Morgan fingerprint density at radius 2 is 1.65 bits per heavy atom. The zero-order valence-electron chi connectivity index (χ0n) is 9.10. The maximum Gasteiger partial charge on any atom is 0.466 e. The standard InChI is InChI=1S/C10H12N2.H3O4P/c11-12(10-7-4-8-10)9-5-2-1-3-6-9;1-5(2,3)4/h1-3,5-7H,4,8,11H2;(H3,1,2,3,4). The van der Waals surface area contributed by atoms with Gasteiger partial charge in [0.2, 0.25) is 0 Å². The van der Waals surface area contributed by atoms with Crippen LogP contribution >= 0.6 is 7.82 Å². The average molecular weight is 258 g/mol. The van der Waals surface area contributed by atoms with Gasteiger partial charge in [-0.1, -0.05) is 24.3 Å². The van der Waals surface area contributed by atoms with Gasteiger partial charge in [0.15, 0.2) is 0 Å². The molecule has 1 aliphatic carbocycles. The van der Waals surface area contributed by atoms with Gasteiger partial charge in [-0.15, -0.1) is 0 Å². The highest BCUT2D eigenvalue weighted by Gasteiger charge is 2.11. The fourth-order valence-electron chi connectivity index (χ4n) is 1.25. The summed E-state index contributed by atoms with van der Waals surface area (Å²) in [4.78, 5) is 21.6. The average Bonchev–Trinajstić information content (AvgIpc) is 2.14. The first-order valence-electron chi connectivity index (χ1n) is 4.95. The summed E-state index contributed by atoms with van der Waals surface area (Å²) in [6, 6.07) is 10.0. The van der Waals surface area contributed by atoms with E-state index < -0.39 is 7.82 Å². The SMILES string of the molecule is NN(C1=CCC1)c1ccccc1.O=P(O)(O)O. The minimum Gasteiger partial charge on any atom is -0.303 e. The molecule has 0 spiro atoms. The quantitative estimate of drug-likeness (QED) is 0.359. The second kappa shape index (κ2) is 5.95. The van der Waals surface area contributed by atoms with Crippen molar-refractivity contribution >= 4 is 13.5 Å². The molecule has 0 amide bonds. The Morgan fingerprint density at radius 1 is 1.18 bits per heavy atom. The molecule has 0 fully saturated rings. The van der Waals surface area contributed by atoms with E-state index >= 15 is 0 Å². The molecule has 94 valence electrons. The van der Waals surface area contributed by atoms with Gasteiger partial charge in [0.05, 0.1) is 5.69 Å². The molecule has 1 aliphatic rings. The van der Waals surface area contributed by atoms with Crippen LogP contribution in [0.15, 0.2) is 42.1 Å². The van der Waals surface area contributed by atoms with E-state index in [9.17, 15) is 0 Å². The monoisotopic (exact) mass is 258 g/mol. The van der Waals surface area contributed by atoms with Crippen LogP contribution in [0.1, 0.15) is 12.8 Å². The number of nitrogens with zero attached hydrogens (tertiary/aromatic N) is 1. The molecule has 0 saturated carbocycles. The second-order valence-corrected chi connectivity index (χ2v) is 4.48. The first kappa shape index (κ1) is 13.9. The summed E-state index contributed by atoms with van der Waals surface area (Å²) in [6.07, 6.45) is 4.42. The first-order chi connectivity index (χ1) is 7.88. The molecule has 17 heavy (non-hydrogen) atoms. The Labute approximate surface area is 99.2 Å². The minimum atomic E-state index is -4.64. The van der Waals surface area contributed by atoms with E-state index in [-0.39, 0.29) is 0 Å². The highest BCUT2D eigenvalue weighted by Crippen LogP contribution is 2.26. The first-order valence-corrected chi connectivity index (χ1v) is 6.51. The van der Waals surface area contributed by atoms with Crippen LogP contribution in [-0.4, -0.2) is 14.7 Å². The van der Waals surface area contributed by atoms with Crippen molar-refractivity contribution in [2.45, 2.75) is 12.8 Å². The molecule has 0 unspecified atom stereocenters. The van der Waals surface area contributed by atoms with E-state index in [1.165, 1.54) is 5.70 Å². The van der Waals surface area contributed by atoms with Crippen molar-refractivity contribution < 1.29 is 19.2 Å². The van der Waals surface area contributed by atoms with Crippen molar-refractivity contribution in [3.05, 3.63) is 42.1 Å². The molecule has 0 saturated heterocycles.